The first-order chi connectivity index (χ1) is 9.66. The number of aromatic nitrogens is 1. The highest BCUT2D eigenvalue weighted by Crippen LogP contribution is 2.26. The first-order valence-corrected chi connectivity index (χ1v) is 6.98. The van der Waals surface area contributed by atoms with Gasteiger partial charge in [0, 0.05) is 22.7 Å². The first-order valence-electron chi connectivity index (χ1n) is 6.98. The van der Waals surface area contributed by atoms with Gasteiger partial charge in [-0.05, 0) is 49.1 Å². The molecule has 100 valence electrons. The number of benzene rings is 2. The zero-order chi connectivity index (χ0) is 14.1. The van der Waals surface area contributed by atoms with Gasteiger partial charge in [0.05, 0.1) is 0 Å². The second-order valence-corrected chi connectivity index (χ2v) is 5.38. The SMILES string of the molecule is C/C(=C/c1c[nH]c2c(C)cccc12)c1ccccc1C. The van der Waals surface area contributed by atoms with Gasteiger partial charge in [-0.3, -0.25) is 0 Å². The molecule has 0 saturated heterocycles. The lowest BCUT2D eigenvalue weighted by Crippen LogP contribution is -1.84. The molecule has 0 aliphatic carbocycles. The monoisotopic (exact) mass is 261 g/mol. The van der Waals surface area contributed by atoms with Crippen molar-refractivity contribution in [3.63, 3.8) is 0 Å². The van der Waals surface area contributed by atoms with Crippen LogP contribution in [0.1, 0.15) is 29.2 Å². The number of hydrogen-bond acceptors (Lipinski definition) is 0. The number of nitrogens with one attached hydrogen (secondary N) is 1. The predicted octanol–water partition coefficient (Wildman–Crippen LogP) is 5.35. The Morgan fingerprint density at radius 2 is 1.70 bits per heavy atom. The average Bonchev–Trinajstić information content (AvgIpc) is 2.84. The molecule has 0 atom stereocenters. The van der Waals surface area contributed by atoms with Crippen molar-refractivity contribution in [3.05, 3.63) is 70.9 Å². The molecule has 0 saturated carbocycles. The Bertz CT molecular complexity index is 790. The molecule has 0 aliphatic heterocycles. The van der Waals surface area contributed by atoms with Crippen molar-refractivity contribution in [1.82, 2.24) is 4.98 Å². The summed E-state index contributed by atoms with van der Waals surface area (Å²) in [5.41, 5.74) is 7.70. The maximum atomic E-state index is 3.38. The lowest BCUT2D eigenvalue weighted by atomic mass is 9.99. The quantitative estimate of drug-likeness (QED) is 0.640. The fourth-order valence-corrected chi connectivity index (χ4v) is 2.77. The van der Waals surface area contributed by atoms with Crippen LogP contribution in [0.5, 0.6) is 0 Å². The summed E-state index contributed by atoms with van der Waals surface area (Å²) in [5, 5.41) is 1.29. The number of hydrogen-bond donors (Lipinski definition) is 1. The van der Waals surface area contributed by atoms with Crippen LogP contribution in [-0.2, 0) is 0 Å². The maximum absolute atomic E-state index is 3.38. The van der Waals surface area contributed by atoms with Gasteiger partial charge in [0.1, 0.15) is 0 Å². The molecule has 1 heterocycles. The van der Waals surface area contributed by atoms with E-state index in [4.69, 9.17) is 0 Å². The van der Waals surface area contributed by atoms with E-state index < -0.39 is 0 Å². The van der Waals surface area contributed by atoms with Gasteiger partial charge in [0.2, 0.25) is 0 Å². The molecule has 1 nitrogen and oxygen atoms in total. The molecule has 1 N–H and O–H groups in total. The maximum Gasteiger partial charge on any atom is 0.0489 e. The summed E-state index contributed by atoms with van der Waals surface area (Å²) in [6, 6.07) is 15.0. The van der Waals surface area contributed by atoms with Crippen LogP contribution in [0.4, 0.5) is 0 Å². The fraction of sp³-hybridized carbons (Fsp3) is 0.158. The molecule has 0 radical (unpaired) electrons. The van der Waals surface area contributed by atoms with E-state index in [0.29, 0.717) is 0 Å². The number of allylic oxidation sites excluding steroid dienone is 1. The van der Waals surface area contributed by atoms with Crippen LogP contribution in [-0.4, -0.2) is 4.98 Å². The van der Waals surface area contributed by atoms with Crippen molar-refractivity contribution in [2.45, 2.75) is 20.8 Å². The van der Waals surface area contributed by atoms with E-state index in [1.807, 2.05) is 0 Å². The highest BCUT2D eigenvalue weighted by molar-refractivity contribution is 5.95. The first kappa shape index (κ1) is 12.7. The van der Waals surface area contributed by atoms with Crippen molar-refractivity contribution in [2.24, 2.45) is 0 Å². The molecule has 3 rings (SSSR count). The van der Waals surface area contributed by atoms with Crippen molar-refractivity contribution in [1.29, 1.82) is 0 Å². The topological polar surface area (TPSA) is 15.8 Å². The minimum atomic E-state index is 1.23. The third-order valence-electron chi connectivity index (χ3n) is 3.90. The van der Waals surface area contributed by atoms with Gasteiger partial charge in [-0.25, -0.2) is 0 Å². The Labute approximate surface area is 120 Å². The second kappa shape index (κ2) is 5.01. The normalized spacial score (nSPS) is 12.1. The number of aryl methyl sites for hydroxylation is 2. The fourth-order valence-electron chi connectivity index (χ4n) is 2.77. The highest BCUT2D eigenvalue weighted by atomic mass is 14.7. The molecule has 3 aromatic rings. The molecule has 20 heavy (non-hydrogen) atoms. The van der Waals surface area contributed by atoms with Gasteiger partial charge in [-0.2, -0.15) is 0 Å². The largest absolute Gasteiger partial charge is 0.360 e. The Hall–Kier alpha value is -2.28. The van der Waals surface area contributed by atoms with Gasteiger partial charge in [-0.15, -0.1) is 0 Å². The molecule has 1 aromatic heterocycles. The zero-order valence-electron chi connectivity index (χ0n) is 12.2. The Morgan fingerprint density at radius 1 is 0.950 bits per heavy atom. The van der Waals surface area contributed by atoms with Crippen molar-refractivity contribution < 1.29 is 0 Å². The Balaban J connectivity index is 2.11. The van der Waals surface area contributed by atoms with Crippen LogP contribution >= 0.6 is 0 Å². The molecule has 1 heteroatoms. The van der Waals surface area contributed by atoms with Crippen molar-refractivity contribution >= 4 is 22.6 Å². The van der Waals surface area contributed by atoms with Gasteiger partial charge in [-0.1, -0.05) is 42.5 Å². The summed E-state index contributed by atoms with van der Waals surface area (Å²) in [6.45, 7) is 6.48. The minimum Gasteiger partial charge on any atom is -0.360 e. The van der Waals surface area contributed by atoms with Crippen LogP contribution in [0, 0.1) is 13.8 Å². The molecular formula is C19H19N. The Morgan fingerprint density at radius 3 is 2.50 bits per heavy atom. The van der Waals surface area contributed by atoms with Gasteiger partial charge < -0.3 is 4.98 Å². The number of aromatic amines is 1. The predicted molar refractivity (Wildman–Crippen MR) is 87.8 cm³/mol. The molecule has 0 aliphatic rings. The molecule has 0 unspecified atom stereocenters. The second-order valence-electron chi connectivity index (χ2n) is 5.38. The molecule has 2 aromatic carbocycles. The van der Waals surface area contributed by atoms with Gasteiger partial charge in [0.15, 0.2) is 0 Å². The molecule has 0 spiro atoms. The number of rotatable bonds is 2. The molecule has 0 bridgehead atoms. The number of para-hydroxylation sites is 1. The van der Waals surface area contributed by atoms with Crippen molar-refractivity contribution in [2.75, 3.05) is 0 Å². The summed E-state index contributed by atoms with van der Waals surface area (Å²) in [4.78, 5) is 3.38. The third-order valence-corrected chi connectivity index (χ3v) is 3.90. The van der Waals surface area contributed by atoms with Gasteiger partial charge in [0.25, 0.3) is 0 Å². The number of fused-ring (bicyclic) bond motifs is 1. The lowest BCUT2D eigenvalue weighted by molar-refractivity contribution is 1.41. The van der Waals surface area contributed by atoms with E-state index in [1.54, 1.807) is 0 Å². The summed E-state index contributed by atoms with van der Waals surface area (Å²) >= 11 is 0. The Kier molecular flexibility index (Phi) is 3.19. The smallest absolute Gasteiger partial charge is 0.0489 e. The standard InChI is InChI=1S/C19H19N/c1-13-7-4-5-9-17(13)15(3)11-16-12-20-19-14(2)8-6-10-18(16)19/h4-12,20H,1-3H3/b15-11-. The van der Waals surface area contributed by atoms with E-state index in [9.17, 15) is 0 Å². The highest BCUT2D eigenvalue weighted by Gasteiger charge is 2.05. The van der Waals surface area contributed by atoms with E-state index in [2.05, 4.69) is 80.5 Å². The lowest BCUT2D eigenvalue weighted by Gasteiger charge is -2.05. The van der Waals surface area contributed by atoms with Crippen LogP contribution in [0.25, 0.3) is 22.6 Å². The minimum absolute atomic E-state index is 1.23. The van der Waals surface area contributed by atoms with Crippen molar-refractivity contribution in [3.8, 4) is 0 Å². The molecular weight excluding hydrogens is 242 g/mol. The van der Waals surface area contributed by atoms with Crippen LogP contribution in [0.2, 0.25) is 0 Å². The van der Waals surface area contributed by atoms with Crippen LogP contribution in [0.15, 0.2) is 48.7 Å². The van der Waals surface area contributed by atoms with Crippen LogP contribution < -0.4 is 0 Å². The third kappa shape index (κ3) is 2.16. The molecule has 0 amide bonds. The van der Waals surface area contributed by atoms with E-state index in [0.717, 1.165) is 0 Å². The summed E-state index contributed by atoms with van der Waals surface area (Å²) in [6.07, 6.45) is 4.36. The van der Waals surface area contributed by atoms with Gasteiger partial charge >= 0.3 is 0 Å². The zero-order valence-corrected chi connectivity index (χ0v) is 12.2. The van der Waals surface area contributed by atoms with E-state index in [-0.39, 0.29) is 0 Å². The average molecular weight is 261 g/mol. The van der Waals surface area contributed by atoms with E-state index >= 15 is 0 Å². The molecule has 0 fully saturated rings. The summed E-state index contributed by atoms with van der Waals surface area (Å²) in [5.74, 6) is 0. The number of H-pyrrole nitrogens is 1. The summed E-state index contributed by atoms with van der Waals surface area (Å²) < 4.78 is 0. The summed E-state index contributed by atoms with van der Waals surface area (Å²) in [7, 11) is 0. The van der Waals surface area contributed by atoms with E-state index in [1.165, 1.54) is 38.7 Å². The van der Waals surface area contributed by atoms with Crippen LogP contribution in [0.3, 0.4) is 0 Å².